The van der Waals surface area contributed by atoms with Gasteiger partial charge < -0.3 is 15.2 Å². The molecule has 5 heteroatoms. The van der Waals surface area contributed by atoms with Crippen molar-refractivity contribution in [1.82, 2.24) is 5.32 Å². The minimum Gasteiger partial charge on any atom is -0.389 e. The zero-order valence-corrected chi connectivity index (χ0v) is 11.7. The van der Waals surface area contributed by atoms with E-state index < -0.39 is 6.10 Å². The van der Waals surface area contributed by atoms with Crippen molar-refractivity contribution in [2.24, 2.45) is 0 Å². The molecular formula is C13H17NO2S2. The summed E-state index contributed by atoms with van der Waals surface area (Å²) in [5.74, 6) is 0. The van der Waals surface area contributed by atoms with Crippen molar-refractivity contribution in [2.45, 2.75) is 19.3 Å². The molecule has 2 N–H and O–H groups in total. The third kappa shape index (κ3) is 4.88. The highest BCUT2D eigenvalue weighted by Gasteiger charge is 2.04. The smallest absolute Gasteiger partial charge is 0.0897 e. The predicted octanol–water partition coefficient (Wildman–Crippen LogP) is 2.48. The van der Waals surface area contributed by atoms with Gasteiger partial charge in [0.1, 0.15) is 0 Å². The second kappa shape index (κ2) is 7.66. The lowest BCUT2D eigenvalue weighted by atomic mass is 10.3. The quantitative estimate of drug-likeness (QED) is 0.782. The van der Waals surface area contributed by atoms with E-state index in [0.717, 1.165) is 6.54 Å². The SMILES string of the molecule is OC(CNCc1cccs1)COCc1cccs1. The molecule has 0 aliphatic rings. The van der Waals surface area contributed by atoms with Crippen molar-refractivity contribution < 1.29 is 9.84 Å². The first kappa shape index (κ1) is 13.7. The van der Waals surface area contributed by atoms with Crippen LogP contribution in [0.4, 0.5) is 0 Å². The molecule has 0 aliphatic heterocycles. The molecule has 0 fully saturated rings. The Balaban J connectivity index is 1.53. The summed E-state index contributed by atoms with van der Waals surface area (Å²) in [5, 5.41) is 17.0. The van der Waals surface area contributed by atoms with Gasteiger partial charge in [-0.3, -0.25) is 0 Å². The summed E-state index contributed by atoms with van der Waals surface area (Å²) in [6.45, 7) is 2.32. The number of hydrogen-bond donors (Lipinski definition) is 2. The van der Waals surface area contributed by atoms with E-state index in [9.17, 15) is 5.11 Å². The molecule has 1 atom stereocenters. The molecule has 0 aliphatic carbocycles. The van der Waals surface area contributed by atoms with Gasteiger partial charge in [-0.25, -0.2) is 0 Å². The molecule has 0 saturated carbocycles. The number of ether oxygens (including phenoxy) is 1. The summed E-state index contributed by atoms with van der Waals surface area (Å²) in [4.78, 5) is 2.47. The van der Waals surface area contributed by atoms with Crippen LogP contribution in [-0.2, 0) is 17.9 Å². The van der Waals surface area contributed by atoms with Crippen LogP contribution in [-0.4, -0.2) is 24.4 Å². The highest BCUT2D eigenvalue weighted by atomic mass is 32.1. The van der Waals surface area contributed by atoms with Crippen LogP contribution in [0.1, 0.15) is 9.75 Å². The molecule has 0 bridgehead atoms. The summed E-state index contributed by atoms with van der Waals surface area (Å²) >= 11 is 3.39. The van der Waals surface area contributed by atoms with Gasteiger partial charge in [0, 0.05) is 22.8 Å². The number of aliphatic hydroxyl groups excluding tert-OH is 1. The minimum atomic E-state index is -0.454. The van der Waals surface area contributed by atoms with Crippen LogP contribution in [0.5, 0.6) is 0 Å². The fourth-order valence-electron chi connectivity index (χ4n) is 1.52. The van der Waals surface area contributed by atoms with Crippen LogP contribution in [0.2, 0.25) is 0 Å². The van der Waals surface area contributed by atoms with Crippen molar-refractivity contribution in [3.63, 3.8) is 0 Å². The molecule has 0 radical (unpaired) electrons. The molecule has 2 heterocycles. The van der Waals surface area contributed by atoms with Crippen molar-refractivity contribution in [1.29, 1.82) is 0 Å². The summed E-state index contributed by atoms with van der Waals surface area (Å²) in [6, 6.07) is 8.15. The van der Waals surface area contributed by atoms with Gasteiger partial charge in [0.05, 0.1) is 19.3 Å². The Morgan fingerprint density at radius 3 is 2.56 bits per heavy atom. The maximum absolute atomic E-state index is 9.73. The lowest BCUT2D eigenvalue weighted by molar-refractivity contribution is 0.0297. The van der Waals surface area contributed by atoms with Crippen LogP contribution in [0.25, 0.3) is 0 Å². The first-order valence-electron chi connectivity index (χ1n) is 5.86. The van der Waals surface area contributed by atoms with E-state index >= 15 is 0 Å². The highest BCUT2D eigenvalue weighted by Crippen LogP contribution is 2.10. The molecule has 0 spiro atoms. The van der Waals surface area contributed by atoms with Gasteiger partial charge in [0.2, 0.25) is 0 Å². The first-order valence-corrected chi connectivity index (χ1v) is 7.62. The van der Waals surface area contributed by atoms with Gasteiger partial charge in [-0.05, 0) is 22.9 Å². The molecule has 2 aromatic rings. The highest BCUT2D eigenvalue weighted by molar-refractivity contribution is 7.10. The maximum atomic E-state index is 9.73. The van der Waals surface area contributed by atoms with E-state index in [1.54, 1.807) is 22.7 Å². The minimum absolute atomic E-state index is 0.370. The summed E-state index contributed by atoms with van der Waals surface area (Å²) in [7, 11) is 0. The Kier molecular flexibility index (Phi) is 5.83. The number of nitrogens with one attached hydrogen (secondary N) is 1. The van der Waals surface area contributed by atoms with Gasteiger partial charge in [0.15, 0.2) is 0 Å². The fourth-order valence-corrected chi connectivity index (χ4v) is 2.84. The van der Waals surface area contributed by atoms with E-state index in [-0.39, 0.29) is 0 Å². The Morgan fingerprint density at radius 1 is 1.17 bits per heavy atom. The molecule has 3 nitrogen and oxygen atoms in total. The van der Waals surface area contributed by atoms with Crippen LogP contribution in [0.15, 0.2) is 35.0 Å². The lowest BCUT2D eigenvalue weighted by Gasteiger charge is -2.11. The van der Waals surface area contributed by atoms with Crippen molar-refractivity contribution in [3.8, 4) is 0 Å². The molecule has 0 saturated heterocycles. The van der Waals surface area contributed by atoms with Crippen molar-refractivity contribution >= 4 is 22.7 Å². The van der Waals surface area contributed by atoms with Crippen molar-refractivity contribution in [3.05, 3.63) is 44.8 Å². The molecular weight excluding hydrogens is 266 g/mol. The second-order valence-electron chi connectivity index (χ2n) is 3.96. The third-order valence-electron chi connectivity index (χ3n) is 2.39. The van der Waals surface area contributed by atoms with Gasteiger partial charge in [-0.2, -0.15) is 0 Å². The Bertz CT molecular complexity index is 374. The number of aliphatic hydroxyl groups is 1. The normalized spacial score (nSPS) is 12.7. The Labute approximate surface area is 115 Å². The lowest BCUT2D eigenvalue weighted by Crippen LogP contribution is -2.29. The van der Waals surface area contributed by atoms with Crippen LogP contribution in [0, 0.1) is 0 Å². The summed E-state index contributed by atoms with van der Waals surface area (Å²) < 4.78 is 5.45. The van der Waals surface area contributed by atoms with E-state index in [1.165, 1.54) is 9.75 Å². The third-order valence-corrected chi connectivity index (χ3v) is 4.12. The van der Waals surface area contributed by atoms with Gasteiger partial charge in [0.25, 0.3) is 0 Å². The van der Waals surface area contributed by atoms with Crippen LogP contribution < -0.4 is 5.32 Å². The average molecular weight is 283 g/mol. The Hall–Kier alpha value is -0.720. The molecule has 1 unspecified atom stereocenters. The maximum Gasteiger partial charge on any atom is 0.0897 e. The van der Waals surface area contributed by atoms with E-state index in [1.807, 2.05) is 23.6 Å². The van der Waals surface area contributed by atoms with Gasteiger partial charge >= 0.3 is 0 Å². The molecule has 2 aromatic heterocycles. The molecule has 18 heavy (non-hydrogen) atoms. The van der Waals surface area contributed by atoms with E-state index in [4.69, 9.17) is 4.74 Å². The fraction of sp³-hybridized carbons (Fsp3) is 0.385. The van der Waals surface area contributed by atoms with E-state index in [2.05, 4.69) is 16.8 Å². The number of hydrogen-bond acceptors (Lipinski definition) is 5. The summed E-state index contributed by atoms with van der Waals surface area (Å²) in [5.41, 5.74) is 0. The number of rotatable bonds is 8. The molecule has 98 valence electrons. The first-order chi connectivity index (χ1) is 8.84. The van der Waals surface area contributed by atoms with E-state index in [0.29, 0.717) is 19.8 Å². The molecule has 2 rings (SSSR count). The Morgan fingerprint density at radius 2 is 1.89 bits per heavy atom. The zero-order valence-electron chi connectivity index (χ0n) is 10.0. The monoisotopic (exact) mass is 283 g/mol. The van der Waals surface area contributed by atoms with Crippen LogP contribution in [0.3, 0.4) is 0 Å². The average Bonchev–Trinajstić information content (AvgIpc) is 3.01. The molecule has 0 aromatic carbocycles. The van der Waals surface area contributed by atoms with Gasteiger partial charge in [-0.1, -0.05) is 12.1 Å². The standard InChI is InChI=1S/C13H17NO2S2/c15-11(7-14-8-12-3-1-5-17-12)9-16-10-13-4-2-6-18-13/h1-6,11,14-15H,7-10H2. The molecule has 0 amide bonds. The predicted molar refractivity (Wildman–Crippen MR) is 76.0 cm³/mol. The van der Waals surface area contributed by atoms with Crippen molar-refractivity contribution in [2.75, 3.05) is 13.2 Å². The second-order valence-corrected chi connectivity index (χ2v) is 6.02. The topological polar surface area (TPSA) is 41.5 Å². The number of thiophene rings is 2. The summed E-state index contributed by atoms with van der Waals surface area (Å²) in [6.07, 6.45) is -0.454. The van der Waals surface area contributed by atoms with Crippen LogP contribution >= 0.6 is 22.7 Å². The zero-order chi connectivity index (χ0) is 12.6. The van der Waals surface area contributed by atoms with Gasteiger partial charge in [-0.15, -0.1) is 22.7 Å². The largest absolute Gasteiger partial charge is 0.389 e.